The van der Waals surface area contributed by atoms with Crippen LogP contribution in [0.4, 0.5) is 61.5 Å². The molecule has 0 radical (unpaired) electrons. The van der Waals surface area contributed by atoms with E-state index in [-0.39, 0.29) is 0 Å². The Morgan fingerprint density at radius 2 is 0.708 bits per heavy atom. The van der Waals surface area contributed by atoms with Crippen LogP contribution in [0.3, 0.4) is 0 Å². The molecule has 24 heavy (non-hydrogen) atoms. The van der Waals surface area contributed by atoms with Crippen LogP contribution in [-0.4, -0.2) is 51.8 Å². The first kappa shape index (κ1) is 23.6. The SMILES string of the molecule is [O]=[Sn]([C](F)(F)C(F)(F)CC(F)(F)F)[C](F)(F)C(F)(F)CC(F)(F)F. The maximum absolute atomic E-state index is 13.0. The molecule has 0 amide bonds. The Morgan fingerprint density at radius 3 is 0.875 bits per heavy atom. The van der Waals surface area contributed by atoms with E-state index < -0.39 is 64.7 Å². The molecule has 0 aromatic carbocycles. The summed E-state index contributed by atoms with van der Waals surface area (Å²) in [5, 5.41) is 0. The van der Waals surface area contributed by atoms with Crippen LogP contribution in [0.25, 0.3) is 0 Å². The van der Waals surface area contributed by atoms with Gasteiger partial charge >= 0.3 is 129 Å². The zero-order chi connectivity index (χ0) is 20.0. The Balaban J connectivity index is 5.79. The van der Waals surface area contributed by atoms with E-state index in [1.165, 1.54) is 0 Å². The van der Waals surface area contributed by atoms with Gasteiger partial charge in [0.2, 0.25) is 0 Å². The van der Waals surface area contributed by atoms with E-state index in [0.29, 0.717) is 0 Å². The molecule has 0 aliphatic carbocycles. The van der Waals surface area contributed by atoms with Gasteiger partial charge in [0.05, 0.1) is 0 Å². The predicted octanol–water partition coefficient (Wildman–Crippen LogP) is 4.93. The third kappa shape index (κ3) is 5.31. The average Bonchev–Trinajstić information content (AvgIpc) is 2.20. The van der Waals surface area contributed by atoms with Crippen LogP contribution in [0.2, 0.25) is 0 Å². The van der Waals surface area contributed by atoms with Gasteiger partial charge in [-0.3, -0.25) is 0 Å². The molecule has 0 aromatic rings. The van der Waals surface area contributed by atoms with E-state index in [2.05, 4.69) is 0 Å². The summed E-state index contributed by atoms with van der Waals surface area (Å²) in [5.74, 6) is -12.9. The van der Waals surface area contributed by atoms with Gasteiger partial charge < -0.3 is 0 Å². The van der Waals surface area contributed by atoms with Crippen LogP contribution in [0, 0.1) is 0 Å². The first-order valence-corrected chi connectivity index (χ1v) is 9.28. The van der Waals surface area contributed by atoms with Crippen LogP contribution in [-0.2, 0) is 3.08 Å². The van der Waals surface area contributed by atoms with Crippen molar-refractivity contribution in [2.45, 2.75) is 44.9 Å². The zero-order valence-corrected chi connectivity index (χ0v) is 13.5. The van der Waals surface area contributed by atoms with Gasteiger partial charge in [-0.15, -0.1) is 0 Å². The van der Waals surface area contributed by atoms with Gasteiger partial charge in [-0.25, -0.2) is 0 Å². The number of alkyl halides is 14. The minimum absolute atomic E-state index is 3.78. The van der Waals surface area contributed by atoms with Crippen molar-refractivity contribution < 1.29 is 64.5 Å². The molecule has 0 fully saturated rings. The summed E-state index contributed by atoms with van der Waals surface area (Å²) in [4.78, 5) is 0. The maximum atomic E-state index is 13.0. The fourth-order valence-electron chi connectivity index (χ4n) is 1.25. The van der Waals surface area contributed by atoms with Gasteiger partial charge in [-0.05, 0) is 0 Å². The van der Waals surface area contributed by atoms with Crippen molar-refractivity contribution in [3.8, 4) is 0 Å². The van der Waals surface area contributed by atoms with E-state index in [4.69, 9.17) is 0 Å². The van der Waals surface area contributed by atoms with Crippen molar-refractivity contribution in [1.29, 1.82) is 0 Å². The molecular weight excluding hydrogens is 497 g/mol. The number of halogens is 14. The van der Waals surface area contributed by atoms with Crippen LogP contribution in [0.1, 0.15) is 12.8 Å². The summed E-state index contributed by atoms with van der Waals surface area (Å²) < 4.78 is 171. The average molecular weight is 501 g/mol. The summed E-state index contributed by atoms with van der Waals surface area (Å²) in [6.07, 6.45) is -19.7. The monoisotopic (exact) mass is 502 g/mol. The molecule has 0 N–H and O–H groups in total. The molecule has 0 heterocycles. The number of rotatable bonds is 6. The molecule has 16 heteroatoms. The van der Waals surface area contributed by atoms with Crippen LogP contribution in [0.5, 0.6) is 0 Å². The molecule has 0 saturated carbocycles. The summed E-state index contributed by atoms with van der Waals surface area (Å²) in [5.41, 5.74) is 0. The molecule has 144 valence electrons. The van der Waals surface area contributed by atoms with Crippen molar-refractivity contribution in [1.82, 2.24) is 0 Å². The minimum atomic E-state index is -8.17. The molecule has 0 aliphatic rings. The van der Waals surface area contributed by atoms with E-state index in [0.717, 1.165) is 0 Å². The normalized spacial score (nSPS) is 15.6. The number of hydrogen-bond acceptors (Lipinski definition) is 1. The van der Waals surface area contributed by atoms with Crippen molar-refractivity contribution in [3.05, 3.63) is 0 Å². The summed E-state index contributed by atoms with van der Waals surface area (Å²) in [7, 11) is 0. The Morgan fingerprint density at radius 1 is 0.500 bits per heavy atom. The Kier molecular flexibility index (Phi) is 6.31. The number of hydrogen-bond donors (Lipinski definition) is 0. The van der Waals surface area contributed by atoms with Gasteiger partial charge in [-0.2, -0.15) is 0 Å². The molecule has 0 aliphatic heterocycles. The quantitative estimate of drug-likeness (QED) is 0.373. The van der Waals surface area contributed by atoms with E-state index in [9.17, 15) is 64.5 Å². The molecular formula is C8H4F14OSn. The molecule has 0 rings (SSSR count). The molecule has 0 aromatic heterocycles. The first-order chi connectivity index (χ1) is 10.1. The van der Waals surface area contributed by atoms with Crippen molar-refractivity contribution in [2.24, 2.45) is 0 Å². The third-order valence-corrected chi connectivity index (χ3v) is 7.68. The van der Waals surface area contributed by atoms with Crippen LogP contribution >= 0.6 is 0 Å². The second-order valence-electron chi connectivity index (χ2n) is 4.47. The second-order valence-corrected chi connectivity index (χ2v) is 9.93. The van der Waals surface area contributed by atoms with E-state index >= 15 is 0 Å². The van der Waals surface area contributed by atoms with Gasteiger partial charge in [0, 0.05) is 0 Å². The van der Waals surface area contributed by atoms with Gasteiger partial charge in [-0.1, -0.05) is 0 Å². The van der Waals surface area contributed by atoms with Crippen molar-refractivity contribution in [3.63, 3.8) is 0 Å². The Hall–Kier alpha value is -0.381. The van der Waals surface area contributed by atoms with Gasteiger partial charge in [0.1, 0.15) is 0 Å². The Labute approximate surface area is 130 Å². The standard InChI is InChI=1S/2C4H2F7.O.Sn/c2*5-2(6)3(7,8)1-4(9,10)11;;/h2*1H2;;. The zero-order valence-electron chi connectivity index (χ0n) is 10.6. The third-order valence-electron chi connectivity index (χ3n) is 2.33. The fourth-order valence-corrected chi connectivity index (χ4v) is 4.78. The molecule has 0 saturated heterocycles. The van der Waals surface area contributed by atoms with Crippen LogP contribution < -0.4 is 0 Å². The second kappa shape index (κ2) is 6.41. The van der Waals surface area contributed by atoms with E-state index in [1.807, 2.05) is 0 Å². The van der Waals surface area contributed by atoms with Crippen molar-refractivity contribution in [2.75, 3.05) is 0 Å². The van der Waals surface area contributed by atoms with Crippen molar-refractivity contribution >= 4 is 19.7 Å². The predicted molar refractivity (Wildman–Crippen MR) is 47.6 cm³/mol. The topological polar surface area (TPSA) is 17.1 Å². The molecule has 0 bridgehead atoms. The molecule has 0 atom stereocenters. The fraction of sp³-hybridized carbons (Fsp3) is 1.00. The van der Waals surface area contributed by atoms with Crippen LogP contribution in [0.15, 0.2) is 0 Å². The summed E-state index contributed by atoms with van der Waals surface area (Å²) in [6.45, 7) is 0. The summed E-state index contributed by atoms with van der Waals surface area (Å²) in [6, 6.07) is 0. The van der Waals surface area contributed by atoms with Gasteiger partial charge in [0.15, 0.2) is 0 Å². The molecule has 1 nitrogen and oxygen atoms in total. The molecule has 0 spiro atoms. The molecule has 0 unspecified atom stereocenters. The first-order valence-electron chi connectivity index (χ1n) is 5.26. The van der Waals surface area contributed by atoms with E-state index in [1.54, 1.807) is 0 Å². The van der Waals surface area contributed by atoms with Gasteiger partial charge in [0.25, 0.3) is 0 Å². The summed E-state index contributed by atoms with van der Waals surface area (Å²) >= 11 is -8.17. The Bertz CT molecular complexity index is 432.